The van der Waals surface area contributed by atoms with Gasteiger partial charge >= 0.3 is 6.18 Å². The van der Waals surface area contributed by atoms with Crippen LogP contribution >= 0.6 is 0 Å². The second-order valence-electron chi connectivity index (χ2n) is 9.65. The first kappa shape index (κ1) is 22.6. The summed E-state index contributed by atoms with van der Waals surface area (Å²) in [5.41, 5.74) is 4.61. The molecule has 1 aliphatic rings. The Balaban J connectivity index is 1.79. The van der Waals surface area contributed by atoms with E-state index in [4.69, 9.17) is 0 Å². The van der Waals surface area contributed by atoms with Crippen molar-refractivity contribution in [3.8, 4) is 0 Å². The highest BCUT2D eigenvalue weighted by Gasteiger charge is 2.36. The standard InChI is InChI=1S/C26H31F3O/c1-24(2)13-14-25(3,4)23-15-18(11-12-22(23)24)7-5-9-20(17-30)19-8-6-10-21(16-19)26(27,28)29/h6,8-12,15-16,30H,5,7,13-14,17H2,1-4H3. The van der Waals surface area contributed by atoms with Crippen LogP contribution in [0.4, 0.5) is 13.2 Å². The average molecular weight is 417 g/mol. The Bertz CT molecular complexity index is 936. The molecule has 2 aromatic rings. The van der Waals surface area contributed by atoms with Gasteiger partial charge in [-0.1, -0.05) is 64.1 Å². The van der Waals surface area contributed by atoms with Crippen molar-refractivity contribution in [2.75, 3.05) is 6.61 Å². The Morgan fingerprint density at radius 1 is 0.967 bits per heavy atom. The SMILES string of the molecule is CC1(C)CCC(C)(C)c2cc(CCC=C(CO)c3cccc(C(F)(F)F)c3)ccc21. The smallest absolute Gasteiger partial charge is 0.392 e. The highest BCUT2D eigenvalue weighted by molar-refractivity contribution is 5.66. The van der Waals surface area contributed by atoms with Crippen molar-refractivity contribution in [1.29, 1.82) is 0 Å². The van der Waals surface area contributed by atoms with E-state index in [0.29, 0.717) is 17.6 Å². The van der Waals surface area contributed by atoms with Gasteiger partial charge in [-0.15, -0.1) is 0 Å². The van der Waals surface area contributed by atoms with Crippen molar-refractivity contribution >= 4 is 5.57 Å². The minimum Gasteiger partial charge on any atom is -0.392 e. The molecule has 0 amide bonds. The highest BCUT2D eigenvalue weighted by atomic mass is 19.4. The summed E-state index contributed by atoms with van der Waals surface area (Å²) in [6.45, 7) is 8.90. The Morgan fingerprint density at radius 3 is 2.27 bits per heavy atom. The quantitative estimate of drug-likeness (QED) is 0.553. The maximum atomic E-state index is 13.0. The van der Waals surface area contributed by atoms with Crippen LogP contribution in [0.25, 0.3) is 5.57 Å². The number of alkyl halides is 3. The van der Waals surface area contributed by atoms with E-state index in [1.165, 1.54) is 29.2 Å². The molecule has 0 radical (unpaired) electrons. The maximum Gasteiger partial charge on any atom is 0.416 e. The monoisotopic (exact) mass is 416 g/mol. The van der Waals surface area contributed by atoms with Crippen molar-refractivity contribution < 1.29 is 18.3 Å². The lowest BCUT2D eigenvalue weighted by atomic mass is 9.63. The first-order valence-corrected chi connectivity index (χ1v) is 10.6. The number of hydrogen-bond acceptors (Lipinski definition) is 1. The molecule has 0 spiro atoms. The molecule has 2 aromatic carbocycles. The van der Waals surface area contributed by atoms with Crippen LogP contribution in [-0.4, -0.2) is 11.7 Å². The number of hydrogen-bond donors (Lipinski definition) is 1. The van der Waals surface area contributed by atoms with E-state index >= 15 is 0 Å². The zero-order chi connectivity index (χ0) is 22.2. The summed E-state index contributed by atoms with van der Waals surface area (Å²) < 4.78 is 38.9. The van der Waals surface area contributed by atoms with Crippen LogP contribution in [0.3, 0.4) is 0 Å². The molecule has 1 aliphatic carbocycles. The van der Waals surface area contributed by atoms with E-state index in [0.717, 1.165) is 25.0 Å². The molecule has 0 saturated carbocycles. The summed E-state index contributed by atoms with van der Waals surface area (Å²) in [4.78, 5) is 0. The molecule has 0 fully saturated rings. The van der Waals surface area contributed by atoms with Gasteiger partial charge in [-0.3, -0.25) is 0 Å². The first-order chi connectivity index (χ1) is 13.9. The molecule has 1 nitrogen and oxygen atoms in total. The van der Waals surface area contributed by atoms with E-state index in [1.807, 2.05) is 6.08 Å². The summed E-state index contributed by atoms with van der Waals surface area (Å²) in [6.07, 6.45) is 1.23. The van der Waals surface area contributed by atoms with Crippen molar-refractivity contribution in [1.82, 2.24) is 0 Å². The fourth-order valence-electron chi connectivity index (χ4n) is 4.37. The Kier molecular flexibility index (Phi) is 6.20. The first-order valence-electron chi connectivity index (χ1n) is 10.6. The number of aryl methyl sites for hydroxylation is 1. The van der Waals surface area contributed by atoms with E-state index < -0.39 is 11.7 Å². The molecule has 0 unspecified atom stereocenters. The topological polar surface area (TPSA) is 20.2 Å². The largest absolute Gasteiger partial charge is 0.416 e. The predicted molar refractivity (Wildman–Crippen MR) is 117 cm³/mol. The lowest BCUT2D eigenvalue weighted by molar-refractivity contribution is -0.137. The molecule has 4 heteroatoms. The van der Waals surface area contributed by atoms with E-state index in [-0.39, 0.29) is 17.4 Å². The lowest BCUT2D eigenvalue weighted by Gasteiger charge is -2.42. The van der Waals surface area contributed by atoms with Crippen molar-refractivity contribution in [3.63, 3.8) is 0 Å². The van der Waals surface area contributed by atoms with Crippen LogP contribution in [0, 0.1) is 0 Å². The molecule has 0 bridgehead atoms. The molecule has 0 heterocycles. The zero-order valence-corrected chi connectivity index (χ0v) is 18.2. The molecule has 1 N–H and O–H groups in total. The zero-order valence-electron chi connectivity index (χ0n) is 18.2. The van der Waals surface area contributed by atoms with Crippen LogP contribution in [-0.2, 0) is 23.4 Å². The molecule has 162 valence electrons. The van der Waals surface area contributed by atoms with Gasteiger partial charge in [-0.2, -0.15) is 13.2 Å². The minimum absolute atomic E-state index is 0.144. The summed E-state index contributed by atoms with van der Waals surface area (Å²) in [5.74, 6) is 0. The van der Waals surface area contributed by atoms with E-state index in [1.54, 1.807) is 6.07 Å². The molecule has 0 aliphatic heterocycles. The third kappa shape index (κ3) is 4.80. The highest BCUT2D eigenvalue weighted by Crippen LogP contribution is 2.46. The van der Waals surface area contributed by atoms with Gasteiger partial charge in [-0.25, -0.2) is 0 Å². The molecule has 3 rings (SSSR count). The number of allylic oxidation sites excluding steroid dienone is 1. The molecular formula is C26H31F3O. The van der Waals surface area contributed by atoms with Crippen LogP contribution in [0.5, 0.6) is 0 Å². The van der Waals surface area contributed by atoms with Gasteiger partial charge in [0, 0.05) is 0 Å². The summed E-state index contributed by atoms with van der Waals surface area (Å²) in [5, 5.41) is 9.71. The van der Waals surface area contributed by atoms with Crippen LogP contribution < -0.4 is 0 Å². The fourth-order valence-corrected chi connectivity index (χ4v) is 4.37. The maximum absolute atomic E-state index is 13.0. The predicted octanol–water partition coefficient (Wildman–Crippen LogP) is 7.06. The van der Waals surface area contributed by atoms with E-state index in [2.05, 4.69) is 45.9 Å². The van der Waals surface area contributed by atoms with Crippen molar-refractivity contribution in [2.45, 2.75) is 70.4 Å². The van der Waals surface area contributed by atoms with Crippen LogP contribution in [0.15, 0.2) is 48.5 Å². The number of aliphatic hydroxyl groups is 1. The third-order valence-electron chi connectivity index (χ3n) is 6.47. The average Bonchev–Trinajstić information content (AvgIpc) is 2.68. The molecular weight excluding hydrogens is 385 g/mol. The molecule has 0 atom stereocenters. The second-order valence-corrected chi connectivity index (χ2v) is 9.65. The van der Waals surface area contributed by atoms with Gasteiger partial charge in [0.2, 0.25) is 0 Å². The number of benzene rings is 2. The molecule has 0 aromatic heterocycles. The van der Waals surface area contributed by atoms with Gasteiger partial charge in [0.05, 0.1) is 12.2 Å². The van der Waals surface area contributed by atoms with Crippen LogP contribution in [0.1, 0.15) is 74.8 Å². The van der Waals surface area contributed by atoms with Crippen LogP contribution in [0.2, 0.25) is 0 Å². The number of fused-ring (bicyclic) bond motifs is 1. The summed E-state index contributed by atoms with van der Waals surface area (Å²) in [7, 11) is 0. The van der Waals surface area contributed by atoms with Gasteiger partial charge in [0.1, 0.15) is 0 Å². The van der Waals surface area contributed by atoms with E-state index in [9.17, 15) is 18.3 Å². The van der Waals surface area contributed by atoms with Crippen molar-refractivity contribution in [3.05, 3.63) is 76.4 Å². The van der Waals surface area contributed by atoms with Gasteiger partial charge in [0.15, 0.2) is 0 Å². The second kappa shape index (κ2) is 8.22. The summed E-state index contributed by atoms with van der Waals surface area (Å²) >= 11 is 0. The van der Waals surface area contributed by atoms with Gasteiger partial charge in [0.25, 0.3) is 0 Å². The number of halogens is 3. The Labute approximate surface area is 177 Å². The van der Waals surface area contributed by atoms with Gasteiger partial charge < -0.3 is 5.11 Å². The summed E-state index contributed by atoms with van der Waals surface area (Å²) in [6, 6.07) is 11.9. The van der Waals surface area contributed by atoms with Crippen molar-refractivity contribution in [2.24, 2.45) is 0 Å². The Morgan fingerprint density at radius 2 is 1.63 bits per heavy atom. The number of rotatable bonds is 5. The van der Waals surface area contributed by atoms with Gasteiger partial charge in [-0.05, 0) is 76.5 Å². The lowest BCUT2D eigenvalue weighted by Crippen LogP contribution is -2.33. The molecule has 30 heavy (non-hydrogen) atoms. The third-order valence-corrected chi connectivity index (χ3v) is 6.47. The Hall–Kier alpha value is -2.07. The minimum atomic E-state index is -4.39. The number of aliphatic hydroxyl groups excluding tert-OH is 1. The normalized spacial score (nSPS) is 18.2. The molecule has 0 saturated heterocycles. The fraction of sp³-hybridized carbons (Fsp3) is 0.462.